The Kier molecular flexibility index (Phi) is 36.7. The minimum absolute atomic E-state index is 0.00845. The first-order chi connectivity index (χ1) is 67.3. The molecule has 0 atom stereocenters. The van der Waals surface area contributed by atoms with Crippen molar-refractivity contribution in [2.45, 2.75) is 32.4 Å². The Labute approximate surface area is 824 Å². The first-order valence-corrected chi connectivity index (χ1v) is 44.6. The van der Waals surface area contributed by atoms with Crippen molar-refractivity contribution in [3.05, 3.63) is 243 Å². The average molecular weight is 2160 g/mol. The molecule has 0 saturated carbocycles. The summed E-state index contributed by atoms with van der Waals surface area (Å²) in [4.78, 5) is 79.4. The second-order valence-electron chi connectivity index (χ2n) is 29.7. The monoisotopic (exact) mass is 2160 g/mol. The zero-order valence-electron chi connectivity index (χ0n) is 73.4. The smallest absolute Gasteiger partial charge is 0.416 e. The molecule has 11 aromatic rings. The molecule has 141 heavy (non-hydrogen) atoms. The van der Waals surface area contributed by atoms with Gasteiger partial charge in [-0.15, -0.1) is 0 Å². The summed E-state index contributed by atoms with van der Waals surface area (Å²) in [6, 6.07) is 22.7. The normalized spacial score (nSPS) is 14.2. The van der Waals surface area contributed by atoms with Gasteiger partial charge in [-0.2, -0.15) is 79.9 Å². The number of benzene rings is 7. The number of aromatic hydroxyl groups is 4. The Morgan fingerprint density at radius 2 is 0.752 bits per heavy atom. The highest BCUT2D eigenvalue weighted by molar-refractivity contribution is 9.10. The molecule has 8 heterocycles. The molecule has 15 rings (SSSR count). The number of hydrogen-bond donors (Lipinski definition) is 11. The van der Waals surface area contributed by atoms with Crippen LogP contribution >= 0.6 is 66.7 Å². The van der Waals surface area contributed by atoms with Crippen molar-refractivity contribution in [2.75, 3.05) is 180 Å². The summed E-state index contributed by atoms with van der Waals surface area (Å²) in [5.74, 6) is -5.56. The third-order valence-corrected chi connectivity index (χ3v) is 22.6. The van der Waals surface area contributed by atoms with Crippen LogP contribution in [-0.2, 0) is 37.5 Å². The quantitative estimate of drug-likeness (QED) is 0.0144. The number of hydrazone groups is 4. The lowest BCUT2D eigenvalue weighted by Gasteiger charge is -2.27. The number of nitrogens with one attached hydrogen (secondary N) is 7. The van der Waals surface area contributed by atoms with Crippen LogP contribution in [0.25, 0.3) is 0 Å². The first kappa shape index (κ1) is 106. The number of ether oxygens (including phenoxy) is 4. The SMILES string of the molecule is CCN(CC)c1ccc(/C=N\Nc2ncc(F)c(N3CCOCC3)n2)c(O)c1.O=C(Nc1cccc(C(F)(F)F)c1)c1c(Br)cc(/C=N/Nc2ncc(F)c(N3CCOCC3)n2)c(O)c1Cl.O=C(Nc1cccc(C(F)(F)F)c1)c1c(Br)cc(Cl)c(O)c1/C=N\Nc1ncc(F)c(N2CCOCC2)n1.O=C(Nc1cccc(C(F)(F)F)c1)c1cc(Cl)c(O)c(/C=N\Nc2ncc(F)c(N3CCOCC3)n2)c1. The maximum atomic E-state index is 14.3. The molecule has 4 fully saturated rings. The number of anilines is 12. The van der Waals surface area contributed by atoms with Gasteiger partial charge < -0.3 is 79.8 Å². The van der Waals surface area contributed by atoms with E-state index in [4.69, 9.17) is 53.8 Å². The molecule has 0 bridgehead atoms. The number of alkyl halides is 9. The van der Waals surface area contributed by atoms with Gasteiger partial charge in [0.1, 0.15) is 23.0 Å². The van der Waals surface area contributed by atoms with Crippen molar-refractivity contribution in [1.82, 2.24) is 39.9 Å². The molecule has 35 nitrogen and oxygen atoms in total. The third kappa shape index (κ3) is 28.9. The highest BCUT2D eigenvalue weighted by Crippen LogP contribution is 2.41. The summed E-state index contributed by atoms with van der Waals surface area (Å²) in [7, 11) is 0. The third-order valence-electron chi connectivity index (χ3n) is 20.4. The van der Waals surface area contributed by atoms with E-state index >= 15 is 0 Å². The largest absolute Gasteiger partial charge is 0.507 e. The van der Waals surface area contributed by atoms with Crippen LogP contribution in [0.5, 0.6) is 23.0 Å². The lowest BCUT2D eigenvalue weighted by molar-refractivity contribution is -0.138. The fourth-order valence-corrected chi connectivity index (χ4v) is 15.6. The summed E-state index contributed by atoms with van der Waals surface area (Å²) in [5, 5.41) is 63.8. The minimum atomic E-state index is -4.60. The van der Waals surface area contributed by atoms with Gasteiger partial charge in [0.15, 0.2) is 46.5 Å². The number of amides is 3. The van der Waals surface area contributed by atoms with Gasteiger partial charge in [-0.25, -0.2) is 59.2 Å². The van der Waals surface area contributed by atoms with Gasteiger partial charge in [0.05, 0.1) is 151 Å². The molecule has 0 aliphatic carbocycles. The molecule has 0 unspecified atom stereocenters. The molecule has 4 saturated heterocycles. The van der Waals surface area contributed by atoms with E-state index in [9.17, 15) is 91.9 Å². The molecule has 11 N–H and O–H groups in total. The van der Waals surface area contributed by atoms with Crippen molar-refractivity contribution >= 4 is 179 Å². The lowest BCUT2D eigenvalue weighted by Crippen LogP contribution is -2.37. The molecule has 0 spiro atoms. The van der Waals surface area contributed by atoms with Crippen molar-refractivity contribution in [3.63, 3.8) is 0 Å². The Bertz CT molecular complexity index is 6430. The molecule has 53 heteroatoms. The second kappa shape index (κ2) is 48.8. The number of aromatic nitrogens is 8. The van der Waals surface area contributed by atoms with Crippen molar-refractivity contribution < 1.29 is 111 Å². The van der Waals surface area contributed by atoms with Gasteiger partial charge in [-0.1, -0.05) is 53.0 Å². The topological polar surface area (TPSA) is 422 Å². The summed E-state index contributed by atoms with van der Waals surface area (Å²) in [6.45, 7) is 13.3. The standard InChI is InChI=1S/2C23H18BrClF4N6O3.C23H19ClF4N6O3.C19H25FN6O2/c24-15-8-12(10-31-34-22-30-11-16(26)20(33-22)35-4-6-38-7-5-35)19(36)18(25)17(15)21(37)32-14-3-1-2-13(9-14)23(27,28)29;24-15-9-16(25)19(36)14(18(15)21(37)32-13-3-1-2-12(8-13)23(27,28)29)10-31-34-22-30-11-17(26)20(33-22)35-4-6-38-7-5-35;24-17-9-13(21(36)31-16-3-1-2-15(10-16)23(26,27)28)8-14(19(17)35)11-30-33-22-29-12-18(25)20(32-22)34-4-6-37-7-5-34;1-3-25(4-2)15-6-5-14(17(27)11-15)12-22-24-19-21-13-16(20)18(23-19)26-7-9-28-10-8-26/h2*1-3,8-11,36H,4-7H2,(H,32,37)(H,30,33,34);1-3,8-12,35H,4-7H2,(H,31,36)(H,29,32,33);5-6,11-13,27H,3-4,7-10H2,1-2H3,(H,21,23,24)/b31-10+;31-10-;30-11-;22-12-. The van der Waals surface area contributed by atoms with E-state index in [1.807, 2.05) is 11.0 Å². The molecule has 0 radical (unpaired) electrons. The van der Waals surface area contributed by atoms with E-state index in [1.165, 1.54) is 48.8 Å². The van der Waals surface area contributed by atoms with E-state index in [0.717, 1.165) is 117 Å². The van der Waals surface area contributed by atoms with Crippen LogP contribution in [0.15, 0.2) is 169 Å². The van der Waals surface area contributed by atoms with Crippen LogP contribution in [0, 0.1) is 23.3 Å². The van der Waals surface area contributed by atoms with Crippen molar-refractivity contribution in [3.8, 4) is 23.0 Å². The molecular formula is C88H80Br2Cl3F13N24O11. The Morgan fingerprint density at radius 3 is 1.11 bits per heavy atom. The number of nitrogens with zero attached hydrogens (tertiary/aromatic N) is 17. The van der Waals surface area contributed by atoms with Gasteiger partial charge in [-0.05, 0) is 137 Å². The molecule has 4 aliphatic heterocycles. The van der Waals surface area contributed by atoms with E-state index in [-0.39, 0.29) is 127 Å². The second-order valence-corrected chi connectivity index (χ2v) is 32.6. The number of carbonyl (C=O) groups is 3. The summed E-state index contributed by atoms with van der Waals surface area (Å²) in [5.41, 5.74) is 8.15. The van der Waals surface area contributed by atoms with Crippen LogP contribution < -0.4 is 62.2 Å². The molecule has 4 aliphatic rings. The Balaban J connectivity index is 0.000000169. The van der Waals surface area contributed by atoms with E-state index in [2.05, 4.69) is 149 Å². The van der Waals surface area contributed by atoms with Crippen LogP contribution in [0.2, 0.25) is 15.1 Å². The first-order valence-electron chi connectivity index (χ1n) is 41.9. The fourth-order valence-electron chi connectivity index (χ4n) is 13.4. The molecular weight excluding hydrogens is 2080 g/mol. The number of phenols is 4. The molecule has 7 aromatic carbocycles. The fraction of sp³-hybridized carbons (Fsp3) is 0.261. The van der Waals surface area contributed by atoms with Crippen LogP contribution in [0.4, 0.5) is 127 Å². The minimum Gasteiger partial charge on any atom is -0.507 e. The van der Waals surface area contributed by atoms with E-state index in [1.54, 1.807) is 26.8 Å². The number of morpholine rings is 4. The van der Waals surface area contributed by atoms with Crippen molar-refractivity contribution in [1.29, 1.82) is 0 Å². The summed E-state index contributed by atoms with van der Waals surface area (Å²) in [6.07, 6.45) is -4.87. The maximum absolute atomic E-state index is 14.3. The zero-order valence-corrected chi connectivity index (χ0v) is 78.8. The number of carbonyl (C=O) groups excluding carboxylic acids is 3. The van der Waals surface area contributed by atoms with Crippen LogP contribution in [-0.4, -0.2) is 221 Å². The van der Waals surface area contributed by atoms with Crippen LogP contribution in [0.1, 0.15) is 83.9 Å². The van der Waals surface area contributed by atoms with E-state index < -0.39 is 93.5 Å². The van der Waals surface area contributed by atoms with Gasteiger partial charge in [0.25, 0.3) is 17.7 Å². The highest BCUT2D eigenvalue weighted by Gasteiger charge is 2.35. The molecule has 3 amide bonds. The maximum Gasteiger partial charge on any atom is 0.416 e. The predicted molar refractivity (Wildman–Crippen MR) is 510 cm³/mol. The Hall–Kier alpha value is -13.9. The number of halogens is 18. The zero-order chi connectivity index (χ0) is 101. The van der Waals surface area contributed by atoms with Gasteiger partial charge in [0.2, 0.25) is 23.8 Å². The predicted octanol–water partition coefficient (Wildman–Crippen LogP) is 17.6. The van der Waals surface area contributed by atoms with Gasteiger partial charge >= 0.3 is 18.5 Å². The highest BCUT2D eigenvalue weighted by atomic mass is 79.9. The van der Waals surface area contributed by atoms with Crippen LogP contribution in [0.3, 0.4) is 0 Å². The number of rotatable bonds is 25. The van der Waals surface area contributed by atoms with Gasteiger partial charge in [0, 0.05) is 125 Å². The van der Waals surface area contributed by atoms with Gasteiger partial charge in [-0.3, -0.25) is 14.4 Å². The van der Waals surface area contributed by atoms with Crippen molar-refractivity contribution in [2.24, 2.45) is 20.4 Å². The van der Waals surface area contributed by atoms with E-state index in [0.29, 0.717) is 111 Å². The number of phenolic OH excluding ortho intramolecular Hbond substituents is 4. The Morgan fingerprint density at radius 1 is 0.418 bits per heavy atom. The number of hydrogen-bond acceptors (Lipinski definition) is 32. The lowest BCUT2D eigenvalue weighted by atomic mass is 10.1. The summed E-state index contributed by atoms with van der Waals surface area (Å²) >= 11 is 24.7. The molecule has 4 aromatic heterocycles. The molecule has 744 valence electrons. The average Bonchev–Trinajstić information content (AvgIpc) is 0.778. The summed E-state index contributed by atoms with van der Waals surface area (Å²) < 4.78 is 195.